The smallest absolute Gasteiger partial charge is 0.340 e. The number of nitrogens with zero attached hydrogens (tertiary/aromatic N) is 2. The maximum atomic E-state index is 12.7. The van der Waals surface area contributed by atoms with Gasteiger partial charge in [-0.05, 0) is 54.4 Å². The molecular formula is C21H19ClF3N3O2. The number of hydrogen-bond donors (Lipinski definition) is 1. The van der Waals surface area contributed by atoms with E-state index in [1.54, 1.807) is 24.3 Å². The third-order valence-corrected chi connectivity index (χ3v) is 5.04. The molecule has 3 aromatic rings. The van der Waals surface area contributed by atoms with Crippen LogP contribution in [-0.2, 0) is 6.18 Å². The SMILES string of the molecule is CC[C@@H](C)[C@@H](NC(=O)c1ccc(C(F)(F)F)cc1)c1nc(-c2ccc(Cl)cc2)no1. The Morgan fingerprint density at radius 1 is 1.13 bits per heavy atom. The number of amides is 1. The maximum absolute atomic E-state index is 12.7. The molecular weight excluding hydrogens is 419 g/mol. The van der Waals surface area contributed by atoms with Crippen molar-refractivity contribution in [3.05, 3.63) is 70.6 Å². The second-order valence-corrected chi connectivity index (χ2v) is 7.31. The van der Waals surface area contributed by atoms with E-state index in [2.05, 4.69) is 15.5 Å². The summed E-state index contributed by atoms with van der Waals surface area (Å²) in [5, 5.41) is 7.33. The summed E-state index contributed by atoms with van der Waals surface area (Å²) in [5.41, 5.74) is -0.0119. The fourth-order valence-corrected chi connectivity index (χ4v) is 2.92. The van der Waals surface area contributed by atoms with Crippen molar-refractivity contribution in [2.24, 2.45) is 5.92 Å². The number of hydrogen-bond acceptors (Lipinski definition) is 4. The zero-order valence-corrected chi connectivity index (χ0v) is 17.0. The molecule has 0 fully saturated rings. The number of carbonyl (C=O) groups excluding carboxylic acids is 1. The van der Waals surface area contributed by atoms with Gasteiger partial charge in [-0.3, -0.25) is 4.79 Å². The predicted octanol–water partition coefficient (Wildman–Crippen LogP) is 5.93. The van der Waals surface area contributed by atoms with E-state index < -0.39 is 23.7 Å². The summed E-state index contributed by atoms with van der Waals surface area (Å²) >= 11 is 5.89. The molecule has 0 aliphatic carbocycles. The van der Waals surface area contributed by atoms with Gasteiger partial charge in [0.15, 0.2) is 0 Å². The van der Waals surface area contributed by atoms with Crippen LogP contribution in [0.15, 0.2) is 53.1 Å². The summed E-state index contributed by atoms with van der Waals surface area (Å²) in [6, 6.07) is 10.3. The van der Waals surface area contributed by atoms with Gasteiger partial charge in [-0.15, -0.1) is 0 Å². The largest absolute Gasteiger partial charge is 0.416 e. The summed E-state index contributed by atoms with van der Waals surface area (Å²) in [4.78, 5) is 17.0. The first-order valence-electron chi connectivity index (χ1n) is 9.26. The molecule has 0 aliphatic rings. The first-order chi connectivity index (χ1) is 14.2. The topological polar surface area (TPSA) is 68.0 Å². The van der Waals surface area contributed by atoms with Crippen LogP contribution in [0.5, 0.6) is 0 Å². The van der Waals surface area contributed by atoms with Crippen LogP contribution in [0.25, 0.3) is 11.4 Å². The highest BCUT2D eigenvalue weighted by molar-refractivity contribution is 6.30. The van der Waals surface area contributed by atoms with E-state index in [-0.39, 0.29) is 17.4 Å². The molecule has 0 spiro atoms. The zero-order valence-electron chi connectivity index (χ0n) is 16.2. The van der Waals surface area contributed by atoms with Crippen molar-refractivity contribution >= 4 is 17.5 Å². The highest BCUT2D eigenvalue weighted by Gasteiger charge is 2.31. The first kappa shape index (κ1) is 21.8. The average Bonchev–Trinajstić information content (AvgIpc) is 3.21. The van der Waals surface area contributed by atoms with Gasteiger partial charge in [-0.25, -0.2) is 0 Å². The summed E-state index contributed by atoms with van der Waals surface area (Å²) < 4.78 is 43.6. The first-order valence-corrected chi connectivity index (χ1v) is 9.64. The molecule has 2 aromatic carbocycles. The maximum Gasteiger partial charge on any atom is 0.416 e. The Morgan fingerprint density at radius 2 is 1.77 bits per heavy atom. The molecule has 1 amide bonds. The lowest BCUT2D eigenvalue weighted by Gasteiger charge is -2.21. The lowest BCUT2D eigenvalue weighted by Crippen LogP contribution is -2.32. The van der Waals surface area contributed by atoms with Crippen molar-refractivity contribution < 1.29 is 22.5 Å². The van der Waals surface area contributed by atoms with E-state index in [1.165, 1.54) is 0 Å². The van der Waals surface area contributed by atoms with E-state index >= 15 is 0 Å². The van der Waals surface area contributed by atoms with Gasteiger partial charge in [-0.2, -0.15) is 18.2 Å². The van der Waals surface area contributed by atoms with Gasteiger partial charge in [0.1, 0.15) is 6.04 Å². The number of alkyl halides is 3. The van der Waals surface area contributed by atoms with Crippen LogP contribution in [0.2, 0.25) is 5.02 Å². The van der Waals surface area contributed by atoms with Crippen molar-refractivity contribution in [1.29, 1.82) is 0 Å². The van der Waals surface area contributed by atoms with Crippen molar-refractivity contribution in [3.63, 3.8) is 0 Å². The van der Waals surface area contributed by atoms with Crippen LogP contribution in [-0.4, -0.2) is 16.0 Å². The number of carbonyl (C=O) groups is 1. The second-order valence-electron chi connectivity index (χ2n) is 6.87. The van der Waals surface area contributed by atoms with E-state index in [0.29, 0.717) is 22.8 Å². The Kier molecular flexibility index (Phi) is 6.45. The molecule has 0 radical (unpaired) electrons. The van der Waals surface area contributed by atoms with E-state index in [1.807, 2.05) is 13.8 Å². The molecule has 0 saturated heterocycles. The standard InChI is InChI=1S/C21H19ClF3N3O2/c1-3-12(2)17(20-27-18(28-30-20)13-6-10-16(22)11-7-13)26-19(29)14-4-8-15(9-5-14)21(23,24)25/h4-12,17H,3H2,1-2H3,(H,26,29)/t12-,17-/m1/s1. The van der Waals surface area contributed by atoms with Crippen LogP contribution in [0, 0.1) is 5.92 Å². The molecule has 0 unspecified atom stereocenters. The van der Waals surface area contributed by atoms with Crippen LogP contribution < -0.4 is 5.32 Å². The normalized spacial score (nSPS) is 13.7. The third-order valence-electron chi connectivity index (χ3n) is 4.78. The van der Waals surface area contributed by atoms with Crippen LogP contribution in [0.4, 0.5) is 13.2 Å². The molecule has 9 heteroatoms. The predicted molar refractivity (Wildman–Crippen MR) is 106 cm³/mol. The minimum absolute atomic E-state index is 0.0538. The molecule has 158 valence electrons. The van der Waals surface area contributed by atoms with Gasteiger partial charge in [0, 0.05) is 16.1 Å². The summed E-state index contributed by atoms with van der Waals surface area (Å²) in [7, 11) is 0. The lowest BCUT2D eigenvalue weighted by molar-refractivity contribution is -0.137. The molecule has 1 N–H and O–H groups in total. The number of rotatable bonds is 6. The lowest BCUT2D eigenvalue weighted by atomic mass is 9.98. The monoisotopic (exact) mass is 437 g/mol. The third kappa shape index (κ3) is 4.99. The molecule has 1 aromatic heterocycles. The molecule has 2 atom stereocenters. The van der Waals surface area contributed by atoms with Crippen molar-refractivity contribution in [1.82, 2.24) is 15.5 Å². The Labute approximate surface area is 176 Å². The molecule has 0 aliphatic heterocycles. The van der Waals surface area contributed by atoms with Gasteiger partial charge in [0.2, 0.25) is 11.7 Å². The van der Waals surface area contributed by atoms with Gasteiger partial charge in [0.25, 0.3) is 5.91 Å². The molecule has 0 bridgehead atoms. The zero-order chi connectivity index (χ0) is 21.9. The van der Waals surface area contributed by atoms with Gasteiger partial charge in [-0.1, -0.05) is 37.0 Å². The fraction of sp³-hybridized carbons (Fsp3) is 0.286. The average molecular weight is 438 g/mol. The molecule has 5 nitrogen and oxygen atoms in total. The van der Waals surface area contributed by atoms with Crippen LogP contribution in [0.3, 0.4) is 0 Å². The number of aromatic nitrogens is 2. The van der Waals surface area contributed by atoms with E-state index in [4.69, 9.17) is 16.1 Å². The van der Waals surface area contributed by atoms with Crippen LogP contribution in [0.1, 0.15) is 48.1 Å². The highest BCUT2D eigenvalue weighted by Crippen LogP contribution is 2.30. The minimum atomic E-state index is -4.46. The minimum Gasteiger partial charge on any atom is -0.340 e. The van der Waals surface area contributed by atoms with Crippen LogP contribution >= 0.6 is 11.6 Å². The quantitative estimate of drug-likeness (QED) is 0.519. The van der Waals surface area contributed by atoms with Gasteiger partial charge < -0.3 is 9.84 Å². The molecule has 30 heavy (non-hydrogen) atoms. The summed E-state index contributed by atoms with van der Waals surface area (Å²) in [6.07, 6.45) is -3.76. The molecule has 3 rings (SSSR count). The summed E-state index contributed by atoms with van der Waals surface area (Å²) in [5.74, 6) is -0.0181. The Hall–Kier alpha value is -2.87. The summed E-state index contributed by atoms with van der Waals surface area (Å²) in [6.45, 7) is 3.85. The second kappa shape index (κ2) is 8.87. The van der Waals surface area contributed by atoms with Crippen molar-refractivity contribution in [3.8, 4) is 11.4 Å². The van der Waals surface area contributed by atoms with Crippen molar-refractivity contribution in [2.75, 3.05) is 0 Å². The highest BCUT2D eigenvalue weighted by atomic mass is 35.5. The Bertz CT molecular complexity index is 1000. The molecule has 0 saturated carbocycles. The van der Waals surface area contributed by atoms with E-state index in [9.17, 15) is 18.0 Å². The Balaban J connectivity index is 1.81. The van der Waals surface area contributed by atoms with Crippen molar-refractivity contribution in [2.45, 2.75) is 32.5 Å². The Morgan fingerprint density at radius 3 is 2.33 bits per heavy atom. The molecule has 1 heterocycles. The number of benzene rings is 2. The number of halogens is 4. The van der Waals surface area contributed by atoms with Gasteiger partial charge >= 0.3 is 6.18 Å². The number of nitrogens with one attached hydrogen (secondary N) is 1. The van der Waals surface area contributed by atoms with Gasteiger partial charge in [0.05, 0.1) is 5.56 Å². The van der Waals surface area contributed by atoms with E-state index in [0.717, 1.165) is 24.3 Å². The fourth-order valence-electron chi connectivity index (χ4n) is 2.80.